The minimum atomic E-state index is 0.669. The zero-order chi connectivity index (χ0) is 9.97. The molecule has 0 saturated heterocycles. The number of nitrogens with zero attached hydrogens (tertiary/aromatic N) is 2. The van der Waals surface area contributed by atoms with Gasteiger partial charge in [-0.25, -0.2) is 4.68 Å². The second-order valence-corrected chi connectivity index (χ2v) is 4.25. The van der Waals surface area contributed by atoms with Crippen LogP contribution < -0.4 is 5.32 Å². The molecule has 0 radical (unpaired) electrons. The fraction of sp³-hybridized carbons (Fsp3) is 0.727. The van der Waals surface area contributed by atoms with E-state index >= 15 is 0 Å². The topological polar surface area (TPSA) is 29.9 Å². The molecule has 0 aromatic carbocycles. The van der Waals surface area contributed by atoms with Crippen LogP contribution in [0.4, 0.5) is 5.82 Å². The number of nitrogens with one attached hydrogen (secondary N) is 1. The molecule has 78 valence electrons. The molecular weight excluding hydrogens is 174 g/mol. The predicted molar refractivity (Wildman–Crippen MR) is 58.3 cm³/mol. The van der Waals surface area contributed by atoms with Crippen molar-refractivity contribution >= 4 is 5.82 Å². The molecule has 0 bridgehead atoms. The normalized spacial score (nSPS) is 25.9. The van der Waals surface area contributed by atoms with Gasteiger partial charge in [0.15, 0.2) is 0 Å². The first-order chi connectivity index (χ1) is 6.81. The lowest BCUT2D eigenvalue weighted by Crippen LogP contribution is -2.37. The van der Waals surface area contributed by atoms with Crippen LogP contribution in [0.25, 0.3) is 0 Å². The van der Waals surface area contributed by atoms with Gasteiger partial charge in [-0.3, -0.25) is 0 Å². The molecule has 1 aromatic rings. The summed E-state index contributed by atoms with van der Waals surface area (Å²) in [6.45, 7) is 5.50. The van der Waals surface area contributed by atoms with Gasteiger partial charge in [0.05, 0.1) is 6.20 Å². The van der Waals surface area contributed by atoms with E-state index in [9.17, 15) is 0 Å². The molecule has 0 aliphatic heterocycles. The molecule has 1 fully saturated rings. The number of aryl methyl sites for hydroxylation is 1. The molecule has 1 aliphatic carbocycles. The van der Waals surface area contributed by atoms with Crippen molar-refractivity contribution in [2.45, 2.75) is 45.7 Å². The molecule has 1 saturated carbocycles. The lowest BCUT2D eigenvalue weighted by atomic mass is 9.81. The Morgan fingerprint density at radius 2 is 2.43 bits per heavy atom. The van der Waals surface area contributed by atoms with E-state index in [1.54, 1.807) is 0 Å². The van der Waals surface area contributed by atoms with Gasteiger partial charge in [0.2, 0.25) is 0 Å². The van der Waals surface area contributed by atoms with E-state index in [1.165, 1.54) is 18.7 Å². The van der Waals surface area contributed by atoms with Crippen molar-refractivity contribution in [3.8, 4) is 0 Å². The number of anilines is 1. The number of hydrogen-bond acceptors (Lipinski definition) is 2. The van der Waals surface area contributed by atoms with E-state index in [2.05, 4.69) is 35.0 Å². The molecule has 0 amide bonds. The Labute approximate surface area is 85.5 Å². The lowest BCUT2D eigenvalue weighted by Gasteiger charge is -2.35. The third-order valence-corrected chi connectivity index (χ3v) is 3.11. The smallest absolute Gasteiger partial charge is 0.124 e. The molecule has 0 spiro atoms. The fourth-order valence-electron chi connectivity index (χ4n) is 1.92. The Morgan fingerprint density at radius 1 is 1.57 bits per heavy atom. The maximum Gasteiger partial charge on any atom is 0.124 e. The van der Waals surface area contributed by atoms with Crippen LogP contribution in [-0.4, -0.2) is 15.8 Å². The molecule has 2 rings (SSSR count). The van der Waals surface area contributed by atoms with Crippen LogP contribution in [0.15, 0.2) is 12.3 Å². The summed E-state index contributed by atoms with van der Waals surface area (Å²) >= 11 is 0. The molecule has 1 aliphatic rings. The number of rotatable bonds is 4. The molecular formula is C11H19N3. The number of hydrogen-bond donors (Lipinski definition) is 1. The Hall–Kier alpha value is -0.990. The van der Waals surface area contributed by atoms with Crippen LogP contribution in [-0.2, 0) is 6.54 Å². The van der Waals surface area contributed by atoms with Crippen LogP contribution in [0.2, 0.25) is 0 Å². The third-order valence-electron chi connectivity index (χ3n) is 3.11. The zero-order valence-electron chi connectivity index (χ0n) is 9.03. The van der Waals surface area contributed by atoms with E-state index in [1.807, 2.05) is 6.20 Å². The number of aromatic nitrogens is 2. The van der Waals surface area contributed by atoms with Gasteiger partial charge in [0.25, 0.3) is 0 Å². The summed E-state index contributed by atoms with van der Waals surface area (Å²) in [5.41, 5.74) is 0. The van der Waals surface area contributed by atoms with E-state index in [0.717, 1.165) is 18.9 Å². The second-order valence-electron chi connectivity index (χ2n) is 4.25. The summed E-state index contributed by atoms with van der Waals surface area (Å²) in [5.74, 6) is 2.00. The van der Waals surface area contributed by atoms with Crippen LogP contribution >= 0.6 is 0 Å². The molecule has 3 heteroatoms. The van der Waals surface area contributed by atoms with Gasteiger partial charge in [-0.15, -0.1) is 0 Å². The fourth-order valence-corrected chi connectivity index (χ4v) is 1.92. The highest BCUT2D eigenvalue weighted by molar-refractivity contribution is 5.36. The average molecular weight is 193 g/mol. The van der Waals surface area contributed by atoms with E-state index in [-0.39, 0.29) is 0 Å². The third kappa shape index (κ3) is 1.76. The van der Waals surface area contributed by atoms with Crippen molar-refractivity contribution in [1.29, 1.82) is 0 Å². The maximum absolute atomic E-state index is 4.30. The average Bonchev–Trinajstić information content (AvgIpc) is 2.60. The molecule has 1 heterocycles. The second kappa shape index (κ2) is 4.03. The molecule has 1 N–H and O–H groups in total. The van der Waals surface area contributed by atoms with Crippen LogP contribution in [0.5, 0.6) is 0 Å². The summed E-state index contributed by atoms with van der Waals surface area (Å²) in [5, 5.41) is 7.86. The van der Waals surface area contributed by atoms with Crippen molar-refractivity contribution in [3.05, 3.63) is 12.3 Å². The lowest BCUT2D eigenvalue weighted by molar-refractivity contribution is 0.301. The molecule has 2 atom stereocenters. The van der Waals surface area contributed by atoms with Gasteiger partial charge in [0.1, 0.15) is 5.82 Å². The summed E-state index contributed by atoms with van der Waals surface area (Å²) in [4.78, 5) is 0. The van der Waals surface area contributed by atoms with E-state index in [4.69, 9.17) is 0 Å². The van der Waals surface area contributed by atoms with Gasteiger partial charge in [0, 0.05) is 18.7 Å². The van der Waals surface area contributed by atoms with Crippen molar-refractivity contribution in [2.24, 2.45) is 5.92 Å². The Kier molecular flexibility index (Phi) is 2.75. The standard InChI is InChI=1S/C11H19N3/c1-3-8-14-11(6-7-12-14)13-10-5-4-9(10)2/h6-7,9-10,13H,3-5,8H2,1-2H3. The quantitative estimate of drug-likeness (QED) is 0.796. The minimum Gasteiger partial charge on any atom is -0.367 e. The van der Waals surface area contributed by atoms with Crippen LogP contribution in [0.3, 0.4) is 0 Å². The van der Waals surface area contributed by atoms with Crippen molar-refractivity contribution < 1.29 is 0 Å². The van der Waals surface area contributed by atoms with Crippen molar-refractivity contribution in [3.63, 3.8) is 0 Å². The molecule has 14 heavy (non-hydrogen) atoms. The van der Waals surface area contributed by atoms with Gasteiger partial charge in [-0.1, -0.05) is 13.8 Å². The van der Waals surface area contributed by atoms with Crippen LogP contribution in [0.1, 0.15) is 33.1 Å². The summed E-state index contributed by atoms with van der Waals surface area (Å²) < 4.78 is 2.06. The van der Waals surface area contributed by atoms with Gasteiger partial charge < -0.3 is 5.32 Å². The Morgan fingerprint density at radius 3 is 3.00 bits per heavy atom. The molecule has 1 aromatic heterocycles. The highest BCUT2D eigenvalue weighted by atomic mass is 15.3. The Bertz CT molecular complexity index is 292. The van der Waals surface area contributed by atoms with E-state index in [0.29, 0.717) is 6.04 Å². The first-order valence-electron chi connectivity index (χ1n) is 5.59. The summed E-state index contributed by atoms with van der Waals surface area (Å²) in [6, 6.07) is 2.74. The largest absolute Gasteiger partial charge is 0.367 e. The van der Waals surface area contributed by atoms with Crippen molar-refractivity contribution in [1.82, 2.24) is 9.78 Å². The van der Waals surface area contributed by atoms with Gasteiger partial charge >= 0.3 is 0 Å². The first-order valence-corrected chi connectivity index (χ1v) is 5.59. The van der Waals surface area contributed by atoms with Gasteiger partial charge in [-0.05, 0) is 25.2 Å². The summed E-state index contributed by atoms with van der Waals surface area (Å²) in [7, 11) is 0. The monoisotopic (exact) mass is 193 g/mol. The SMILES string of the molecule is CCCn1nccc1NC1CCC1C. The highest BCUT2D eigenvalue weighted by Gasteiger charge is 2.26. The van der Waals surface area contributed by atoms with Crippen LogP contribution in [0, 0.1) is 5.92 Å². The Balaban J connectivity index is 1.97. The molecule has 3 nitrogen and oxygen atoms in total. The maximum atomic E-state index is 4.30. The van der Waals surface area contributed by atoms with E-state index < -0.39 is 0 Å². The van der Waals surface area contributed by atoms with Gasteiger partial charge in [-0.2, -0.15) is 5.10 Å². The first kappa shape index (κ1) is 9.56. The highest BCUT2D eigenvalue weighted by Crippen LogP contribution is 2.29. The predicted octanol–water partition coefficient (Wildman–Crippen LogP) is 2.50. The van der Waals surface area contributed by atoms with Crippen molar-refractivity contribution in [2.75, 3.05) is 5.32 Å². The minimum absolute atomic E-state index is 0.669. The zero-order valence-corrected chi connectivity index (χ0v) is 9.03. The molecule has 2 unspecified atom stereocenters. The summed E-state index contributed by atoms with van der Waals surface area (Å²) in [6.07, 6.45) is 5.68.